The lowest BCUT2D eigenvalue weighted by Crippen LogP contribution is -2.39. The molecular formula is C19H26FN5. The van der Waals surface area contributed by atoms with E-state index in [0.29, 0.717) is 12.0 Å². The molecule has 1 fully saturated rings. The second-order valence-electron chi connectivity index (χ2n) is 6.56. The van der Waals surface area contributed by atoms with Crippen molar-refractivity contribution in [3.05, 3.63) is 47.0 Å². The summed E-state index contributed by atoms with van der Waals surface area (Å²) in [6.07, 6.45) is 3.83. The summed E-state index contributed by atoms with van der Waals surface area (Å²) in [5, 5.41) is 12.0. The summed E-state index contributed by atoms with van der Waals surface area (Å²) in [5.41, 5.74) is 3.18. The molecule has 3 rings (SSSR count). The van der Waals surface area contributed by atoms with Gasteiger partial charge in [-0.25, -0.2) is 9.37 Å². The van der Waals surface area contributed by atoms with E-state index < -0.39 is 0 Å². The largest absolute Gasteiger partial charge is 0.350 e. The maximum absolute atomic E-state index is 13.0. The Morgan fingerprint density at radius 2 is 1.72 bits per heavy atom. The van der Waals surface area contributed by atoms with Gasteiger partial charge >= 0.3 is 0 Å². The molecule has 6 heteroatoms. The van der Waals surface area contributed by atoms with Gasteiger partial charge in [-0.3, -0.25) is 4.90 Å². The van der Waals surface area contributed by atoms with E-state index in [9.17, 15) is 4.39 Å². The highest BCUT2D eigenvalue weighted by Gasteiger charge is 2.20. The fourth-order valence-corrected chi connectivity index (χ4v) is 3.27. The van der Waals surface area contributed by atoms with E-state index in [1.165, 1.54) is 12.1 Å². The van der Waals surface area contributed by atoms with Gasteiger partial charge in [-0.05, 0) is 43.4 Å². The molecule has 1 aliphatic heterocycles. The maximum Gasteiger partial charge on any atom is 0.243 e. The molecule has 0 atom stereocenters. The molecule has 0 bridgehead atoms. The Morgan fingerprint density at radius 3 is 2.36 bits per heavy atom. The lowest BCUT2D eigenvalue weighted by Gasteiger charge is -2.32. The minimum Gasteiger partial charge on any atom is -0.350 e. The van der Waals surface area contributed by atoms with Crippen molar-refractivity contribution in [2.24, 2.45) is 0 Å². The Morgan fingerprint density at radius 1 is 1.04 bits per heavy atom. The van der Waals surface area contributed by atoms with Crippen LogP contribution in [-0.4, -0.2) is 39.2 Å². The third-order valence-electron chi connectivity index (χ3n) is 4.75. The first-order valence-electron chi connectivity index (χ1n) is 9.13. The van der Waals surface area contributed by atoms with E-state index in [4.69, 9.17) is 0 Å². The Balaban J connectivity index is 1.51. The Labute approximate surface area is 148 Å². The summed E-state index contributed by atoms with van der Waals surface area (Å²) >= 11 is 0. The number of likely N-dealkylation sites (tertiary alicyclic amines) is 1. The Hall–Kier alpha value is -2.08. The second kappa shape index (κ2) is 8.34. The lowest BCUT2D eigenvalue weighted by atomic mass is 10.0. The van der Waals surface area contributed by atoms with Gasteiger partial charge < -0.3 is 5.32 Å². The summed E-state index contributed by atoms with van der Waals surface area (Å²) in [4.78, 5) is 7.02. The van der Waals surface area contributed by atoms with Crippen LogP contribution in [0.15, 0.2) is 24.3 Å². The Bertz CT molecular complexity index is 681. The fraction of sp³-hybridized carbons (Fsp3) is 0.526. The molecule has 0 spiro atoms. The van der Waals surface area contributed by atoms with Crippen molar-refractivity contribution in [3.8, 4) is 0 Å². The van der Waals surface area contributed by atoms with Crippen LogP contribution in [0.1, 0.15) is 43.6 Å². The number of hydrogen-bond acceptors (Lipinski definition) is 5. The van der Waals surface area contributed by atoms with E-state index >= 15 is 0 Å². The Kier molecular flexibility index (Phi) is 5.91. The molecule has 1 aromatic heterocycles. The molecule has 1 N–H and O–H groups in total. The molecular weight excluding hydrogens is 317 g/mol. The normalized spacial score (nSPS) is 16.1. The molecule has 0 amide bonds. The predicted octanol–water partition coefficient (Wildman–Crippen LogP) is 3.21. The summed E-state index contributed by atoms with van der Waals surface area (Å²) in [6.45, 7) is 7.07. The van der Waals surface area contributed by atoms with Crippen LogP contribution in [0.2, 0.25) is 0 Å². The van der Waals surface area contributed by atoms with Crippen LogP contribution in [0, 0.1) is 5.82 Å². The van der Waals surface area contributed by atoms with Crippen LogP contribution in [0.3, 0.4) is 0 Å². The molecule has 2 aromatic rings. The highest BCUT2D eigenvalue weighted by Crippen LogP contribution is 2.17. The van der Waals surface area contributed by atoms with Gasteiger partial charge in [0.15, 0.2) is 0 Å². The number of anilines is 1. The van der Waals surface area contributed by atoms with Gasteiger partial charge in [0.2, 0.25) is 5.95 Å². The van der Waals surface area contributed by atoms with Gasteiger partial charge in [-0.2, -0.15) is 5.10 Å². The third kappa shape index (κ3) is 4.72. The average Bonchev–Trinajstić information content (AvgIpc) is 2.65. The molecule has 0 saturated carbocycles. The minimum atomic E-state index is -0.180. The van der Waals surface area contributed by atoms with Crippen LogP contribution in [0.5, 0.6) is 0 Å². The highest BCUT2D eigenvalue weighted by molar-refractivity contribution is 5.27. The van der Waals surface area contributed by atoms with Crippen molar-refractivity contribution >= 4 is 5.95 Å². The van der Waals surface area contributed by atoms with Crippen LogP contribution >= 0.6 is 0 Å². The van der Waals surface area contributed by atoms with Gasteiger partial charge in [-0.1, -0.05) is 26.0 Å². The summed E-state index contributed by atoms with van der Waals surface area (Å²) in [5.74, 6) is 0.465. The lowest BCUT2D eigenvalue weighted by molar-refractivity contribution is 0.211. The van der Waals surface area contributed by atoms with Crippen molar-refractivity contribution in [1.82, 2.24) is 20.1 Å². The van der Waals surface area contributed by atoms with Gasteiger partial charge in [0.25, 0.3) is 0 Å². The zero-order chi connectivity index (χ0) is 17.6. The number of aryl methyl sites for hydroxylation is 2. The summed E-state index contributed by atoms with van der Waals surface area (Å²) < 4.78 is 13.0. The molecule has 5 nitrogen and oxygen atoms in total. The zero-order valence-corrected chi connectivity index (χ0v) is 15.0. The van der Waals surface area contributed by atoms with Crippen molar-refractivity contribution < 1.29 is 4.39 Å². The van der Waals surface area contributed by atoms with Crippen LogP contribution in [-0.2, 0) is 19.4 Å². The van der Waals surface area contributed by atoms with Crippen LogP contribution in [0.25, 0.3) is 0 Å². The number of hydrogen-bond donors (Lipinski definition) is 1. The first kappa shape index (κ1) is 17.7. The average molecular weight is 343 g/mol. The molecule has 0 radical (unpaired) electrons. The molecule has 25 heavy (non-hydrogen) atoms. The van der Waals surface area contributed by atoms with Crippen molar-refractivity contribution in [2.75, 3.05) is 18.4 Å². The maximum atomic E-state index is 13.0. The van der Waals surface area contributed by atoms with Gasteiger partial charge in [0.05, 0.1) is 11.4 Å². The SMILES string of the molecule is CCc1nnc(NC2CCN(Cc3ccc(F)cc3)CC2)nc1CC. The van der Waals surface area contributed by atoms with E-state index in [2.05, 4.69) is 39.2 Å². The standard InChI is InChI=1S/C19H26FN5/c1-3-17-18(4-2)23-24-19(22-17)21-16-9-11-25(12-10-16)13-14-5-7-15(20)8-6-14/h5-8,16H,3-4,9-13H2,1-2H3,(H,21,22,24). The number of piperidine rings is 1. The molecule has 0 aliphatic carbocycles. The van der Waals surface area contributed by atoms with E-state index in [0.717, 1.165) is 62.3 Å². The second-order valence-corrected chi connectivity index (χ2v) is 6.56. The number of halogens is 1. The summed E-state index contributed by atoms with van der Waals surface area (Å²) in [7, 11) is 0. The predicted molar refractivity (Wildman–Crippen MR) is 96.9 cm³/mol. The van der Waals surface area contributed by atoms with Crippen molar-refractivity contribution in [1.29, 1.82) is 0 Å². The van der Waals surface area contributed by atoms with E-state index in [-0.39, 0.29) is 5.82 Å². The molecule has 134 valence electrons. The van der Waals surface area contributed by atoms with Gasteiger partial charge in [0, 0.05) is 25.7 Å². The number of nitrogens with zero attached hydrogens (tertiary/aromatic N) is 4. The van der Waals surface area contributed by atoms with Gasteiger partial charge in [0.1, 0.15) is 5.82 Å². The summed E-state index contributed by atoms with van der Waals surface area (Å²) in [6, 6.07) is 7.16. The zero-order valence-electron chi connectivity index (χ0n) is 15.0. The van der Waals surface area contributed by atoms with E-state index in [1.54, 1.807) is 0 Å². The highest BCUT2D eigenvalue weighted by atomic mass is 19.1. The van der Waals surface area contributed by atoms with Gasteiger partial charge in [-0.15, -0.1) is 5.10 Å². The smallest absolute Gasteiger partial charge is 0.243 e. The van der Waals surface area contributed by atoms with Crippen molar-refractivity contribution in [2.45, 2.75) is 52.1 Å². The molecule has 2 heterocycles. The quantitative estimate of drug-likeness (QED) is 0.873. The number of aromatic nitrogens is 3. The van der Waals surface area contributed by atoms with Crippen LogP contribution < -0.4 is 5.32 Å². The first-order chi connectivity index (χ1) is 12.2. The first-order valence-corrected chi connectivity index (χ1v) is 9.13. The monoisotopic (exact) mass is 343 g/mol. The molecule has 1 aromatic carbocycles. The number of benzene rings is 1. The number of nitrogens with one attached hydrogen (secondary N) is 1. The molecule has 0 unspecified atom stereocenters. The van der Waals surface area contributed by atoms with E-state index in [1.807, 2.05) is 12.1 Å². The van der Waals surface area contributed by atoms with Crippen LogP contribution in [0.4, 0.5) is 10.3 Å². The molecule has 1 saturated heterocycles. The minimum absolute atomic E-state index is 0.180. The molecule has 1 aliphatic rings. The topological polar surface area (TPSA) is 53.9 Å². The number of rotatable bonds is 6. The van der Waals surface area contributed by atoms with Crippen molar-refractivity contribution in [3.63, 3.8) is 0 Å². The fourth-order valence-electron chi connectivity index (χ4n) is 3.27. The third-order valence-corrected chi connectivity index (χ3v) is 4.75.